The minimum atomic E-state index is -0.602. The van der Waals surface area contributed by atoms with Crippen LogP contribution in [0.25, 0.3) is 0 Å². The van der Waals surface area contributed by atoms with Crippen molar-refractivity contribution in [3.05, 3.63) is 57.3 Å². The Kier molecular flexibility index (Phi) is 3.76. The molecule has 0 N–H and O–H groups in total. The Morgan fingerprint density at radius 1 is 1.29 bits per heavy atom. The van der Waals surface area contributed by atoms with Crippen molar-refractivity contribution < 1.29 is 13.6 Å². The van der Waals surface area contributed by atoms with Gasteiger partial charge in [-0.25, -0.2) is 8.78 Å². The van der Waals surface area contributed by atoms with Gasteiger partial charge in [-0.3, -0.25) is 4.79 Å². The summed E-state index contributed by atoms with van der Waals surface area (Å²) in [6, 6.07) is 7.38. The Morgan fingerprint density at radius 3 is 2.62 bits per heavy atom. The molecule has 5 heteroatoms. The van der Waals surface area contributed by atoms with E-state index in [4.69, 9.17) is 0 Å². The van der Waals surface area contributed by atoms with Crippen molar-refractivity contribution in [2.75, 3.05) is 0 Å². The fraction of sp³-hybridized carbons (Fsp3) is 0.312. The molecule has 2 aromatic rings. The van der Waals surface area contributed by atoms with Gasteiger partial charge in [0.25, 0.3) is 5.91 Å². The molecule has 1 aromatic heterocycles. The van der Waals surface area contributed by atoms with Crippen LogP contribution in [0.1, 0.15) is 33.0 Å². The highest BCUT2D eigenvalue weighted by molar-refractivity contribution is 7.13. The van der Waals surface area contributed by atoms with Crippen LogP contribution >= 0.6 is 11.3 Å². The number of amides is 1. The van der Waals surface area contributed by atoms with Crippen LogP contribution in [0.15, 0.2) is 30.3 Å². The van der Waals surface area contributed by atoms with Crippen molar-refractivity contribution in [1.29, 1.82) is 0 Å². The lowest BCUT2D eigenvalue weighted by Crippen LogP contribution is -2.32. The highest BCUT2D eigenvalue weighted by Crippen LogP contribution is 2.31. The van der Waals surface area contributed by atoms with Gasteiger partial charge in [0.1, 0.15) is 11.6 Å². The van der Waals surface area contributed by atoms with Crippen molar-refractivity contribution >= 4 is 17.2 Å². The minimum absolute atomic E-state index is 0.0701. The molecule has 1 saturated carbocycles. The van der Waals surface area contributed by atoms with Crippen LogP contribution in [0.2, 0.25) is 0 Å². The smallest absolute Gasteiger partial charge is 0.264 e. The molecule has 1 amide bonds. The number of thiophene rings is 1. The number of hydrogen-bond acceptors (Lipinski definition) is 2. The molecule has 2 nitrogen and oxygen atoms in total. The quantitative estimate of drug-likeness (QED) is 0.831. The Morgan fingerprint density at radius 2 is 2.05 bits per heavy atom. The van der Waals surface area contributed by atoms with Crippen LogP contribution in [0.5, 0.6) is 0 Å². The maximum atomic E-state index is 13.8. The van der Waals surface area contributed by atoms with Gasteiger partial charge in [0, 0.05) is 29.1 Å². The Bertz CT molecular complexity index is 679. The van der Waals surface area contributed by atoms with Crippen LogP contribution in [0.3, 0.4) is 0 Å². The van der Waals surface area contributed by atoms with E-state index in [9.17, 15) is 13.6 Å². The molecule has 0 unspecified atom stereocenters. The van der Waals surface area contributed by atoms with Crippen LogP contribution in [-0.2, 0) is 6.54 Å². The summed E-state index contributed by atoms with van der Waals surface area (Å²) in [4.78, 5) is 16.0. The Hall–Kier alpha value is -1.75. The summed E-state index contributed by atoms with van der Waals surface area (Å²) < 4.78 is 26.8. The molecular formula is C16H15F2NOS. The van der Waals surface area contributed by atoms with Gasteiger partial charge in [0.2, 0.25) is 0 Å². The van der Waals surface area contributed by atoms with Gasteiger partial charge in [0.15, 0.2) is 0 Å². The summed E-state index contributed by atoms with van der Waals surface area (Å²) in [6.45, 7) is 2.13. The van der Waals surface area contributed by atoms with E-state index in [0.29, 0.717) is 10.4 Å². The molecule has 3 rings (SSSR count). The number of carbonyl (C=O) groups excluding carboxylic acids is 1. The number of halogens is 2. The molecule has 0 saturated heterocycles. The number of rotatable bonds is 4. The Labute approximate surface area is 126 Å². The average Bonchev–Trinajstić information content (AvgIpc) is 3.18. The molecule has 0 spiro atoms. The fourth-order valence-electron chi connectivity index (χ4n) is 2.28. The summed E-state index contributed by atoms with van der Waals surface area (Å²) in [5, 5.41) is 0. The lowest BCUT2D eigenvalue weighted by molar-refractivity contribution is 0.0733. The highest BCUT2D eigenvalue weighted by atomic mass is 32.1. The molecule has 1 aromatic carbocycles. The van der Waals surface area contributed by atoms with Crippen LogP contribution in [-0.4, -0.2) is 16.8 Å². The number of benzene rings is 1. The highest BCUT2D eigenvalue weighted by Gasteiger charge is 2.34. The van der Waals surface area contributed by atoms with Gasteiger partial charge in [0.05, 0.1) is 4.88 Å². The molecule has 0 aliphatic heterocycles. The van der Waals surface area contributed by atoms with E-state index in [1.54, 1.807) is 11.0 Å². The number of aryl methyl sites for hydroxylation is 1. The first-order valence-corrected chi connectivity index (χ1v) is 7.67. The zero-order valence-electron chi connectivity index (χ0n) is 11.6. The second-order valence-electron chi connectivity index (χ2n) is 5.31. The van der Waals surface area contributed by atoms with Gasteiger partial charge in [-0.05, 0) is 38.0 Å². The molecule has 1 fully saturated rings. The van der Waals surface area contributed by atoms with Crippen molar-refractivity contribution in [1.82, 2.24) is 4.90 Å². The predicted molar refractivity (Wildman–Crippen MR) is 78.3 cm³/mol. The topological polar surface area (TPSA) is 20.3 Å². The number of carbonyl (C=O) groups is 1. The molecule has 0 bridgehead atoms. The first kappa shape index (κ1) is 14.2. The van der Waals surface area contributed by atoms with E-state index in [2.05, 4.69) is 0 Å². The van der Waals surface area contributed by atoms with Crippen molar-refractivity contribution in [2.24, 2.45) is 0 Å². The average molecular weight is 307 g/mol. The maximum Gasteiger partial charge on any atom is 0.264 e. The van der Waals surface area contributed by atoms with Crippen LogP contribution in [0, 0.1) is 18.6 Å². The second kappa shape index (κ2) is 5.56. The van der Waals surface area contributed by atoms with Crippen LogP contribution in [0.4, 0.5) is 8.78 Å². The monoisotopic (exact) mass is 307 g/mol. The van der Waals surface area contributed by atoms with Gasteiger partial charge in [-0.15, -0.1) is 11.3 Å². The molecule has 21 heavy (non-hydrogen) atoms. The normalized spacial score (nSPS) is 14.2. The lowest BCUT2D eigenvalue weighted by atomic mass is 10.2. The second-order valence-corrected chi connectivity index (χ2v) is 6.60. The fourth-order valence-corrected chi connectivity index (χ4v) is 3.10. The molecular weight excluding hydrogens is 292 g/mol. The van der Waals surface area contributed by atoms with E-state index < -0.39 is 11.6 Å². The van der Waals surface area contributed by atoms with Gasteiger partial charge in [-0.2, -0.15) is 0 Å². The summed E-state index contributed by atoms with van der Waals surface area (Å²) in [6.07, 6.45) is 1.89. The van der Waals surface area contributed by atoms with E-state index >= 15 is 0 Å². The largest absolute Gasteiger partial charge is 0.331 e. The predicted octanol–water partition coefficient (Wildman–Crippen LogP) is 4.14. The molecule has 1 heterocycles. The maximum absolute atomic E-state index is 13.8. The molecule has 0 radical (unpaired) electrons. The van der Waals surface area contributed by atoms with E-state index in [-0.39, 0.29) is 18.5 Å². The first-order valence-electron chi connectivity index (χ1n) is 6.86. The van der Waals surface area contributed by atoms with E-state index in [0.717, 1.165) is 23.8 Å². The standard InChI is InChI=1S/C16H15F2NOS/c1-10-2-7-15(21-10)16(20)19(13-5-6-13)9-11-3-4-12(17)8-14(11)18/h2-4,7-8,13H,5-6,9H2,1H3. The van der Waals surface area contributed by atoms with E-state index in [1.165, 1.54) is 23.5 Å². The zero-order valence-corrected chi connectivity index (χ0v) is 12.4. The number of hydrogen-bond donors (Lipinski definition) is 0. The third-order valence-electron chi connectivity index (χ3n) is 3.56. The zero-order chi connectivity index (χ0) is 15.0. The Balaban J connectivity index is 1.83. The molecule has 0 atom stereocenters. The lowest BCUT2D eigenvalue weighted by Gasteiger charge is -2.22. The summed E-state index contributed by atoms with van der Waals surface area (Å²) in [5.74, 6) is -1.27. The van der Waals surface area contributed by atoms with Crippen molar-refractivity contribution in [2.45, 2.75) is 32.4 Å². The van der Waals surface area contributed by atoms with Crippen molar-refractivity contribution in [3.8, 4) is 0 Å². The summed E-state index contributed by atoms with van der Waals surface area (Å²) >= 11 is 1.44. The van der Waals surface area contributed by atoms with Crippen LogP contribution < -0.4 is 0 Å². The third kappa shape index (κ3) is 3.13. The summed E-state index contributed by atoms with van der Waals surface area (Å²) in [7, 11) is 0. The van der Waals surface area contributed by atoms with E-state index in [1.807, 2.05) is 13.0 Å². The molecule has 1 aliphatic carbocycles. The summed E-state index contributed by atoms with van der Waals surface area (Å²) in [5.41, 5.74) is 0.352. The SMILES string of the molecule is Cc1ccc(C(=O)N(Cc2ccc(F)cc2F)C2CC2)s1. The minimum Gasteiger partial charge on any atom is -0.331 e. The van der Waals surface area contributed by atoms with Crippen molar-refractivity contribution in [3.63, 3.8) is 0 Å². The third-order valence-corrected chi connectivity index (χ3v) is 4.54. The molecule has 1 aliphatic rings. The van der Waals surface area contributed by atoms with Gasteiger partial charge in [-0.1, -0.05) is 6.07 Å². The van der Waals surface area contributed by atoms with Gasteiger partial charge >= 0.3 is 0 Å². The van der Waals surface area contributed by atoms with Gasteiger partial charge < -0.3 is 4.90 Å². The number of nitrogens with zero attached hydrogens (tertiary/aromatic N) is 1. The first-order chi connectivity index (χ1) is 10.0. The molecule has 110 valence electrons.